The SMILES string of the molecule is Cc1cccc(COc2ccc(C(O)=C3C(=O)C(=O)N(Cc4ccco4)[C@@H]3c3ccc([N+](=O)[O-])cc3)cc2)c1. The average molecular weight is 525 g/mol. The van der Waals surface area contributed by atoms with Crippen molar-refractivity contribution in [1.82, 2.24) is 4.90 Å². The number of carbonyl (C=O) groups is 2. The summed E-state index contributed by atoms with van der Waals surface area (Å²) >= 11 is 0. The van der Waals surface area contributed by atoms with Gasteiger partial charge in [0.1, 0.15) is 23.9 Å². The molecule has 1 amide bonds. The van der Waals surface area contributed by atoms with Crippen LogP contribution in [-0.4, -0.2) is 26.6 Å². The van der Waals surface area contributed by atoms with Crippen LogP contribution >= 0.6 is 0 Å². The van der Waals surface area contributed by atoms with Crippen molar-refractivity contribution in [3.8, 4) is 5.75 Å². The van der Waals surface area contributed by atoms with E-state index in [0.717, 1.165) is 11.1 Å². The number of hydrogen-bond acceptors (Lipinski definition) is 7. The molecule has 1 aliphatic heterocycles. The van der Waals surface area contributed by atoms with Gasteiger partial charge in [-0.3, -0.25) is 19.7 Å². The molecule has 5 rings (SSSR count). The molecule has 1 N–H and O–H groups in total. The van der Waals surface area contributed by atoms with Crippen molar-refractivity contribution in [2.75, 3.05) is 0 Å². The zero-order valence-electron chi connectivity index (χ0n) is 20.9. The maximum absolute atomic E-state index is 13.2. The molecular formula is C30H24N2O7. The molecule has 39 heavy (non-hydrogen) atoms. The number of aliphatic hydroxyl groups is 1. The molecule has 0 unspecified atom stereocenters. The fraction of sp³-hybridized carbons (Fsp3) is 0.133. The van der Waals surface area contributed by atoms with Crippen molar-refractivity contribution < 1.29 is 28.8 Å². The van der Waals surface area contributed by atoms with Gasteiger partial charge in [0, 0.05) is 17.7 Å². The van der Waals surface area contributed by atoms with E-state index in [0.29, 0.717) is 29.2 Å². The molecule has 1 aliphatic rings. The molecule has 0 bridgehead atoms. The molecule has 1 fully saturated rings. The number of likely N-dealkylation sites (tertiary alicyclic amines) is 1. The first-order chi connectivity index (χ1) is 18.8. The number of rotatable bonds is 8. The Bertz CT molecular complexity index is 1560. The molecule has 4 aromatic rings. The number of aliphatic hydroxyl groups excluding tert-OH is 1. The monoisotopic (exact) mass is 524 g/mol. The van der Waals surface area contributed by atoms with Crippen molar-refractivity contribution in [1.29, 1.82) is 0 Å². The summed E-state index contributed by atoms with van der Waals surface area (Å²) in [6.07, 6.45) is 1.45. The quantitative estimate of drug-likeness (QED) is 0.103. The summed E-state index contributed by atoms with van der Waals surface area (Å²) in [4.78, 5) is 38.2. The van der Waals surface area contributed by atoms with Crippen molar-refractivity contribution in [2.45, 2.75) is 26.1 Å². The number of aryl methyl sites for hydroxylation is 1. The molecular weight excluding hydrogens is 500 g/mol. The topological polar surface area (TPSA) is 123 Å². The fourth-order valence-corrected chi connectivity index (χ4v) is 4.57. The maximum Gasteiger partial charge on any atom is 0.296 e. The van der Waals surface area contributed by atoms with Crippen LogP contribution in [0.2, 0.25) is 0 Å². The number of amides is 1. The third-order valence-corrected chi connectivity index (χ3v) is 6.48. The molecule has 2 heterocycles. The first-order valence-electron chi connectivity index (χ1n) is 12.2. The Morgan fingerprint density at radius 2 is 1.77 bits per heavy atom. The second kappa shape index (κ2) is 10.7. The lowest BCUT2D eigenvalue weighted by Crippen LogP contribution is -2.29. The van der Waals surface area contributed by atoms with Gasteiger partial charge >= 0.3 is 0 Å². The third-order valence-electron chi connectivity index (χ3n) is 6.48. The smallest absolute Gasteiger partial charge is 0.296 e. The highest BCUT2D eigenvalue weighted by atomic mass is 16.6. The molecule has 1 saturated heterocycles. The van der Waals surface area contributed by atoms with Crippen LogP contribution in [0.4, 0.5) is 5.69 Å². The number of furan rings is 1. The molecule has 0 aliphatic carbocycles. The summed E-state index contributed by atoms with van der Waals surface area (Å²) < 4.78 is 11.2. The highest BCUT2D eigenvalue weighted by Crippen LogP contribution is 2.41. The second-order valence-corrected chi connectivity index (χ2v) is 9.16. The minimum Gasteiger partial charge on any atom is -0.507 e. The lowest BCUT2D eigenvalue weighted by atomic mass is 9.95. The van der Waals surface area contributed by atoms with E-state index in [-0.39, 0.29) is 23.6 Å². The van der Waals surface area contributed by atoms with E-state index in [9.17, 15) is 24.8 Å². The zero-order chi connectivity index (χ0) is 27.5. The van der Waals surface area contributed by atoms with Gasteiger partial charge < -0.3 is 19.2 Å². The van der Waals surface area contributed by atoms with E-state index < -0.39 is 22.7 Å². The van der Waals surface area contributed by atoms with E-state index in [1.54, 1.807) is 36.4 Å². The normalized spacial score (nSPS) is 16.4. The highest BCUT2D eigenvalue weighted by Gasteiger charge is 2.46. The van der Waals surface area contributed by atoms with Crippen molar-refractivity contribution >= 4 is 23.1 Å². The van der Waals surface area contributed by atoms with Crippen LogP contribution in [0.25, 0.3) is 5.76 Å². The van der Waals surface area contributed by atoms with Crippen molar-refractivity contribution in [3.63, 3.8) is 0 Å². The Kier molecular flexibility index (Phi) is 6.96. The van der Waals surface area contributed by atoms with Crippen LogP contribution in [0.5, 0.6) is 5.75 Å². The summed E-state index contributed by atoms with van der Waals surface area (Å²) in [6.45, 7) is 2.34. The minimum absolute atomic E-state index is 0.0260. The molecule has 9 heteroatoms. The second-order valence-electron chi connectivity index (χ2n) is 9.16. The largest absolute Gasteiger partial charge is 0.507 e. The number of nitro benzene ring substituents is 1. The highest BCUT2D eigenvalue weighted by molar-refractivity contribution is 6.46. The third kappa shape index (κ3) is 5.28. The number of ketones is 1. The summed E-state index contributed by atoms with van der Waals surface area (Å²) in [5, 5.41) is 22.4. The van der Waals surface area contributed by atoms with E-state index >= 15 is 0 Å². The number of benzene rings is 3. The average Bonchev–Trinajstić information content (AvgIpc) is 3.54. The Morgan fingerprint density at radius 3 is 2.41 bits per heavy atom. The maximum atomic E-state index is 13.2. The van der Waals surface area contributed by atoms with Gasteiger partial charge in [-0.25, -0.2) is 0 Å². The van der Waals surface area contributed by atoms with Crippen LogP contribution in [-0.2, 0) is 22.7 Å². The number of non-ortho nitro benzene ring substituents is 1. The molecule has 9 nitrogen and oxygen atoms in total. The van der Waals surface area contributed by atoms with Gasteiger partial charge in [0.05, 0.1) is 29.3 Å². The summed E-state index contributed by atoms with van der Waals surface area (Å²) in [7, 11) is 0. The fourth-order valence-electron chi connectivity index (χ4n) is 4.57. The standard InChI is InChI=1S/C30H24N2O7/c1-19-4-2-5-20(16-19)18-39-24-13-9-22(10-14-24)28(33)26-27(21-7-11-23(12-8-21)32(36)37)31(30(35)29(26)34)17-25-6-3-15-38-25/h2-16,27,33H,17-18H2,1H3/t27-/m1/s1. The van der Waals surface area contributed by atoms with E-state index in [1.807, 2.05) is 31.2 Å². The number of ether oxygens (including phenoxy) is 1. The number of Topliss-reactive ketones (excluding diaryl/α,β-unsaturated/α-hetero) is 1. The van der Waals surface area contributed by atoms with Gasteiger partial charge in [-0.1, -0.05) is 29.8 Å². The number of nitrogens with zero attached hydrogens (tertiary/aromatic N) is 2. The molecule has 196 valence electrons. The van der Waals surface area contributed by atoms with Crippen LogP contribution in [0.15, 0.2) is 101 Å². The number of hydrogen-bond donors (Lipinski definition) is 1. The number of nitro groups is 1. The first kappa shape index (κ1) is 25.5. The number of carbonyl (C=O) groups excluding carboxylic acids is 2. The van der Waals surface area contributed by atoms with Crippen LogP contribution in [0.1, 0.15) is 34.1 Å². The van der Waals surface area contributed by atoms with Crippen LogP contribution < -0.4 is 4.74 Å². The van der Waals surface area contributed by atoms with Gasteiger partial charge in [0.2, 0.25) is 0 Å². The van der Waals surface area contributed by atoms with E-state index in [4.69, 9.17) is 9.15 Å². The predicted molar refractivity (Wildman–Crippen MR) is 142 cm³/mol. The Morgan fingerprint density at radius 1 is 1.03 bits per heavy atom. The Balaban J connectivity index is 1.47. The van der Waals surface area contributed by atoms with Gasteiger partial charge in [-0.2, -0.15) is 0 Å². The molecule has 0 spiro atoms. The summed E-state index contributed by atoms with van der Waals surface area (Å²) in [5.74, 6) is -1.02. The molecule has 1 atom stereocenters. The van der Waals surface area contributed by atoms with Gasteiger partial charge in [0.15, 0.2) is 0 Å². The van der Waals surface area contributed by atoms with Gasteiger partial charge in [0.25, 0.3) is 17.4 Å². The van der Waals surface area contributed by atoms with E-state index in [1.165, 1.54) is 35.4 Å². The van der Waals surface area contributed by atoms with Gasteiger partial charge in [-0.05, 0) is 66.6 Å². The Labute approximate surface area is 223 Å². The summed E-state index contributed by atoms with van der Waals surface area (Å²) in [6, 6.07) is 22.4. The molecule has 0 radical (unpaired) electrons. The van der Waals surface area contributed by atoms with Gasteiger partial charge in [-0.15, -0.1) is 0 Å². The molecule has 3 aromatic carbocycles. The van der Waals surface area contributed by atoms with E-state index in [2.05, 4.69) is 0 Å². The zero-order valence-corrected chi connectivity index (χ0v) is 20.9. The van der Waals surface area contributed by atoms with Crippen LogP contribution in [0.3, 0.4) is 0 Å². The summed E-state index contributed by atoms with van der Waals surface area (Å²) in [5.41, 5.74) is 2.65. The lowest BCUT2D eigenvalue weighted by Gasteiger charge is -2.24. The Hall–Kier alpha value is -5.18. The van der Waals surface area contributed by atoms with Crippen molar-refractivity contribution in [2.24, 2.45) is 0 Å². The van der Waals surface area contributed by atoms with Crippen LogP contribution in [0, 0.1) is 17.0 Å². The lowest BCUT2D eigenvalue weighted by molar-refractivity contribution is -0.384. The first-order valence-corrected chi connectivity index (χ1v) is 12.2. The predicted octanol–water partition coefficient (Wildman–Crippen LogP) is 5.70. The van der Waals surface area contributed by atoms with Crippen molar-refractivity contribution in [3.05, 3.63) is 135 Å². The molecule has 0 saturated carbocycles. The molecule has 1 aromatic heterocycles. The minimum atomic E-state index is -0.979.